The van der Waals surface area contributed by atoms with Crippen LogP contribution in [-0.2, 0) is 0 Å². The van der Waals surface area contributed by atoms with Crippen LogP contribution in [0.25, 0.3) is 0 Å². The lowest BCUT2D eigenvalue weighted by Crippen LogP contribution is -2.19. The molecular formula is C8H10N2O2. The number of carbonyl (C=O) groups excluding carboxylic acids is 1. The molecule has 1 rings (SSSR count). The fourth-order valence-electron chi connectivity index (χ4n) is 1.00. The number of aryl methyl sites for hydroxylation is 1. The summed E-state index contributed by atoms with van der Waals surface area (Å²) in [4.78, 5) is 10.9. The molecule has 0 saturated carbocycles. The third-order valence-electron chi connectivity index (χ3n) is 1.60. The number of hydrogen-bond acceptors (Lipinski definition) is 3. The third-order valence-corrected chi connectivity index (χ3v) is 1.60. The number of carbonyl (C=O) groups is 1. The summed E-state index contributed by atoms with van der Waals surface area (Å²) in [7, 11) is 0. The van der Waals surface area contributed by atoms with Crippen LogP contribution < -0.4 is 11.2 Å². The second kappa shape index (κ2) is 3.23. The Morgan fingerprint density at radius 1 is 1.58 bits per heavy atom. The molecule has 0 fully saturated rings. The maximum absolute atomic E-state index is 10.9. The number of amides is 1. The van der Waals surface area contributed by atoms with Gasteiger partial charge in [-0.05, 0) is 30.7 Å². The SMILES string of the molecule is Cc1cc(N)ccc1C(=O)NO. The molecule has 4 heteroatoms. The first-order valence-corrected chi connectivity index (χ1v) is 3.45. The Bertz CT molecular complexity index is 310. The van der Waals surface area contributed by atoms with Crippen LogP contribution >= 0.6 is 0 Å². The number of anilines is 1. The van der Waals surface area contributed by atoms with Gasteiger partial charge in [0.25, 0.3) is 5.91 Å². The van der Waals surface area contributed by atoms with Gasteiger partial charge in [-0.15, -0.1) is 0 Å². The number of nitrogen functional groups attached to an aromatic ring is 1. The minimum absolute atomic E-state index is 0.423. The van der Waals surface area contributed by atoms with Gasteiger partial charge >= 0.3 is 0 Å². The third kappa shape index (κ3) is 1.54. The van der Waals surface area contributed by atoms with E-state index in [1.54, 1.807) is 30.6 Å². The number of rotatable bonds is 1. The molecule has 0 heterocycles. The van der Waals surface area contributed by atoms with E-state index in [1.165, 1.54) is 0 Å². The molecule has 0 aliphatic carbocycles. The van der Waals surface area contributed by atoms with E-state index >= 15 is 0 Å². The Morgan fingerprint density at radius 3 is 2.75 bits per heavy atom. The molecular weight excluding hydrogens is 156 g/mol. The minimum Gasteiger partial charge on any atom is -0.399 e. The van der Waals surface area contributed by atoms with E-state index in [9.17, 15) is 4.79 Å². The van der Waals surface area contributed by atoms with Crippen molar-refractivity contribution in [1.29, 1.82) is 0 Å². The summed E-state index contributed by atoms with van der Waals surface area (Å²) in [6, 6.07) is 4.85. The maximum atomic E-state index is 10.9. The van der Waals surface area contributed by atoms with Crippen molar-refractivity contribution in [2.75, 3.05) is 5.73 Å². The van der Waals surface area contributed by atoms with E-state index in [4.69, 9.17) is 10.9 Å². The first kappa shape index (κ1) is 8.55. The average molecular weight is 166 g/mol. The number of benzene rings is 1. The van der Waals surface area contributed by atoms with Gasteiger partial charge < -0.3 is 5.73 Å². The molecule has 0 atom stereocenters. The van der Waals surface area contributed by atoms with Gasteiger partial charge in [-0.25, -0.2) is 5.48 Å². The summed E-state index contributed by atoms with van der Waals surface area (Å²) >= 11 is 0. The Morgan fingerprint density at radius 2 is 2.25 bits per heavy atom. The fourth-order valence-corrected chi connectivity index (χ4v) is 1.00. The van der Waals surface area contributed by atoms with Crippen LogP contribution in [-0.4, -0.2) is 11.1 Å². The smallest absolute Gasteiger partial charge is 0.274 e. The van der Waals surface area contributed by atoms with Gasteiger partial charge in [0, 0.05) is 11.3 Å². The lowest BCUT2D eigenvalue weighted by atomic mass is 10.1. The Balaban J connectivity index is 3.09. The molecule has 1 aromatic carbocycles. The number of hydroxylamine groups is 1. The van der Waals surface area contributed by atoms with Crippen molar-refractivity contribution in [2.24, 2.45) is 0 Å². The molecule has 1 amide bonds. The quantitative estimate of drug-likeness (QED) is 0.326. The molecule has 0 aromatic heterocycles. The van der Waals surface area contributed by atoms with Crippen LogP contribution in [0.3, 0.4) is 0 Å². The first-order chi connectivity index (χ1) is 5.65. The monoisotopic (exact) mass is 166 g/mol. The highest BCUT2D eigenvalue weighted by Crippen LogP contribution is 2.11. The first-order valence-electron chi connectivity index (χ1n) is 3.45. The summed E-state index contributed by atoms with van der Waals surface area (Å²) in [5, 5.41) is 8.35. The number of nitrogens with one attached hydrogen (secondary N) is 1. The van der Waals surface area contributed by atoms with Crippen molar-refractivity contribution in [2.45, 2.75) is 6.92 Å². The van der Waals surface area contributed by atoms with Crippen molar-refractivity contribution in [3.05, 3.63) is 29.3 Å². The predicted octanol–water partition coefficient (Wildman–Crippen LogP) is 0.696. The van der Waals surface area contributed by atoms with E-state index in [-0.39, 0.29) is 0 Å². The van der Waals surface area contributed by atoms with Gasteiger partial charge in [-0.2, -0.15) is 0 Å². The van der Waals surface area contributed by atoms with E-state index in [0.29, 0.717) is 11.3 Å². The lowest BCUT2D eigenvalue weighted by molar-refractivity contribution is 0.0705. The minimum atomic E-state index is -0.521. The van der Waals surface area contributed by atoms with Crippen LogP contribution in [0.1, 0.15) is 15.9 Å². The topological polar surface area (TPSA) is 75.4 Å². The van der Waals surface area contributed by atoms with Crippen LogP contribution in [0.5, 0.6) is 0 Å². The fraction of sp³-hybridized carbons (Fsp3) is 0.125. The molecule has 0 radical (unpaired) electrons. The lowest BCUT2D eigenvalue weighted by Gasteiger charge is -2.03. The molecule has 4 N–H and O–H groups in total. The zero-order chi connectivity index (χ0) is 9.14. The van der Waals surface area contributed by atoms with Gasteiger partial charge in [0.05, 0.1) is 0 Å². The van der Waals surface area contributed by atoms with Gasteiger partial charge in [0.15, 0.2) is 0 Å². The van der Waals surface area contributed by atoms with Gasteiger partial charge in [-0.3, -0.25) is 10.0 Å². The summed E-state index contributed by atoms with van der Waals surface area (Å²) in [5.41, 5.74) is 8.80. The Hall–Kier alpha value is -1.55. The van der Waals surface area contributed by atoms with Crippen molar-refractivity contribution >= 4 is 11.6 Å². The highest BCUT2D eigenvalue weighted by Gasteiger charge is 2.06. The molecule has 64 valence electrons. The second-order valence-electron chi connectivity index (χ2n) is 2.52. The molecule has 0 aliphatic heterocycles. The largest absolute Gasteiger partial charge is 0.399 e. The molecule has 1 aromatic rings. The average Bonchev–Trinajstić information content (AvgIpc) is 2.03. The molecule has 0 spiro atoms. The molecule has 0 saturated heterocycles. The zero-order valence-electron chi connectivity index (χ0n) is 6.66. The molecule has 0 aliphatic rings. The van der Waals surface area contributed by atoms with E-state index in [0.717, 1.165) is 5.56 Å². The van der Waals surface area contributed by atoms with Crippen LogP contribution in [0, 0.1) is 6.92 Å². The normalized spacial score (nSPS) is 9.50. The standard InChI is InChI=1S/C8H10N2O2/c1-5-4-6(9)2-3-7(5)8(11)10-12/h2-4,12H,9H2,1H3,(H,10,11). The van der Waals surface area contributed by atoms with Gasteiger partial charge in [0.1, 0.15) is 0 Å². The molecule has 12 heavy (non-hydrogen) atoms. The van der Waals surface area contributed by atoms with Crippen LogP contribution in [0.2, 0.25) is 0 Å². The summed E-state index contributed by atoms with van der Waals surface area (Å²) < 4.78 is 0. The molecule has 0 unspecified atom stereocenters. The summed E-state index contributed by atoms with van der Waals surface area (Å²) in [5.74, 6) is -0.521. The highest BCUT2D eigenvalue weighted by atomic mass is 16.5. The van der Waals surface area contributed by atoms with E-state index in [2.05, 4.69) is 0 Å². The predicted molar refractivity (Wildman–Crippen MR) is 44.8 cm³/mol. The van der Waals surface area contributed by atoms with Crippen molar-refractivity contribution in [1.82, 2.24) is 5.48 Å². The number of nitrogens with two attached hydrogens (primary N) is 1. The zero-order valence-corrected chi connectivity index (χ0v) is 6.66. The second-order valence-corrected chi connectivity index (χ2v) is 2.52. The van der Waals surface area contributed by atoms with Crippen molar-refractivity contribution < 1.29 is 10.0 Å². The number of hydrogen-bond donors (Lipinski definition) is 3. The Labute approximate surface area is 70.0 Å². The Kier molecular flexibility index (Phi) is 2.30. The van der Waals surface area contributed by atoms with Crippen LogP contribution in [0.15, 0.2) is 18.2 Å². The summed E-state index contributed by atoms with van der Waals surface area (Å²) in [6.07, 6.45) is 0. The molecule has 4 nitrogen and oxygen atoms in total. The van der Waals surface area contributed by atoms with Crippen molar-refractivity contribution in [3.63, 3.8) is 0 Å². The van der Waals surface area contributed by atoms with Crippen LogP contribution in [0.4, 0.5) is 5.69 Å². The van der Waals surface area contributed by atoms with Gasteiger partial charge in [-0.1, -0.05) is 0 Å². The van der Waals surface area contributed by atoms with E-state index < -0.39 is 5.91 Å². The summed E-state index contributed by atoms with van der Waals surface area (Å²) in [6.45, 7) is 1.75. The van der Waals surface area contributed by atoms with Crippen molar-refractivity contribution in [3.8, 4) is 0 Å². The molecule has 0 bridgehead atoms. The van der Waals surface area contributed by atoms with Gasteiger partial charge in [0.2, 0.25) is 0 Å². The van der Waals surface area contributed by atoms with E-state index in [1.807, 2.05) is 0 Å². The highest BCUT2D eigenvalue weighted by molar-refractivity contribution is 5.95. The maximum Gasteiger partial charge on any atom is 0.274 e.